The van der Waals surface area contributed by atoms with Crippen LogP contribution in [0.2, 0.25) is 0 Å². The number of hydrogen-bond acceptors (Lipinski definition) is 1. The Morgan fingerprint density at radius 2 is 1.91 bits per heavy atom. The first-order chi connectivity index (χ1) is 5.38. The third kappa shape index (κ3) is 1.63. The van der Waals surface area contributed by atoms with Crippen molar-refractivity contribution < 1.29 is 4.79 Å². The van der Waals surface area contributed by atoms with Gasteiger partial charge in [-0.1, -0.05) is 19.3 Å². The van der Waals surface area contributed by atoms with Crippen molar-refractivity contribution in [1.82, 2.24) is 0 Å². The summed E-state index contributed by atoms with van der Waals surface area (Å²) >= 11 is 0. The highest BCUT2D eigenvalue weighted by molar-refractivity contribution is 5.83. The van der Waals surface area contributed by atoms with Gasteiger partial charge in [0.15, 0.2) is 0 Å². The van der Waals surface area contributed by atoms with Crippen molar-refractivity contribution in [3.63, 3.8) is 0 Å². The Morgan fingerprint density at radius 3 is 2.82 bits per heavy atom. The first kappa shape index (κ1) is 7.33. The Balaban J connectivity index is 1.90. The molecular weight excluding hydrogens is 136 g/mol. The number of fused-ring (bicyclic) bond motifs is 1. The highest BCUT2D eigenvalue weighted by Gasteiger charge is 2.41. The molecule has 0 aromatic carbocycles. The normalized spacial score (nSPS) is 38.4. The minimum atomic E-state index is 0.507. The van der Waals surface area contributed by atoms with E-state index in [-0.39, 0.29) is 0 Å². The van der Waals surface area contributed by atoms with Crippen molar-refractivity contribution >= 4 is 5.78 Å². The van der Waals surface area contributed by atoms with Gasteiger partial charge in [-0.25, -0.2) is 0 Å². The summed E-state index contributed by atoms with van der Waals surface area (Å²) in [5, 5.41) is 0. The van der Waals surface area contributed by atoms with Crippen molar-refractivity contribution in [3.8, 4) is 0 Å². The molecule has 0 aromatic rings. The zero-order valence-corrected chi connectivity index (χ0v) is 7.01. The van der Waals surface area contributed by atoms with Crippen LogP contribution in [0.3, 0.4) is 0 Å². The average Bonchev–Trinajstić information content (AvgIpc) is 2.74. The molecule has 0 bridgehead atoms. The zero-order valence-electron chi connectivity index (χ0n) is 7.01. The molecule has 0 amide bonds. The molecule has 1 heteroatoms. The summed E-state index contributed by atoms with van der Waals surface area (Å²) in [6.07, 6.45) is 8.59. The predicted octanol–water partition coefficient (Wildman–Crippen LogP) is 2.55. The van der Waals surface area contributed by atoms with Gasteiger partial charge in [-0.15, -0.1) is 0 Å². The molecule has 0 aliphatic heterocycles. The molecule has 1 nitrogen and oxygen atoms in total. The lowest BCUT2D eigenvalue weighted by Crippen LogP contribution is -2.00. The minimum absolute atomic E-state index is 0.507. The molecule has 0 aromatic heterocycles. The van der Waals surface area contributed by atoms with Crippen LogP contribution in [0.4, 0.5) is 0 Å². The average molecular weight is 152 g/mol. The minimum Gasteiger partial charge on any atom is -0.299 e. The summed E-state index contributed by atoms with van der Waals surface area (Å²) in [4.78, 5) is 11.4. The fourth-order valence-electron chi connectivity index (χ4n) is 2.21. The molecule has 2 rings (SSSR count). The molecular formula is C10H16O. The standard InChI is InChI=1S/C10H16O/c11-10-6-4-2-1-3-5-8-7-9(8)10/h8-9H,1-7H2/t8-,9-/m1/s1. The van der Waals surface area contributed by atoms with Crippen molar-refractivity contribution in [1.29, 1.82) is 0 Å². The van der Waals surface area contributed by atoms with Gasteiger partial charge in [-0.3, -0.25) is 4.79 Å². The van der Waals surface area contributed by atoms with Crippen LogP contribution in [-0.2, 0) is 4.79 Å². The van der Waals surface area contributed by atoms with E-state index in [1.54, 1.807) is 0 Å². The Kier molecular flexibility index (Phi) is 1.97. The largest absolute Gasteiger partial charge is 0.299 e. The van der Waals surface area contributed by atoms with Gasteiger partial charge in [0.05, 0.1) is 0 Å². The van der Waals surface area contributed by atoms with Crippen LogP contribution in [0, 0.1) is 11.8 Å². The molecule has 2 saturated carbocycles. The molecule has 0 radical (unpaired) electrons. The van der Waals surface area contributed by atoms with Gasteiger partial charge in [0, 0.05) is 12.3 Å². The van der Waals surface area contributed by atoms with Gasteiger partial charge in [0.25, 0.3) is 0 Å². The number of hydrogen-bond donors (Lipinski definition) is 0. The zero-order chi connectivity index (χ0) is 7.68. The van der Waals surface area contributed by atoms with Crippen molar-refractivity contribution in [2.24, 2.45) is 11.8 Å². The fourth-order valence-corrected chi connectivity index (χ4v) is 2.21. The lowest BCUT2D eigenvalue weighted by molar-refractivity contribution is -0.120. The lowest BCUT2D eigenvalue weighted by atomic mass is 10.1. The van der Waals surface area contributed by atoms with Crippen LogP contribution in [0.5, 0.6) is 0 Å². The van der Waals surface area contributed by atoms with Gasteiger partial charge in [0.1, 0.15) is 5.78 Å². The van der Waals surface area contributed by atoms with E-state index in [1.807, 2.05) is 0 Å². The van der Waals surface area contributed by atoms with Crippen LogP contribution in [-0.4, -0.2) is 5.78 Å². The molecule has 0 spiro atoms. The molecule has 2 fully saturated rings. The van der Waals surface area contributed by atoms with Crippen LogP contribution in [0.1, 0.15) is 44.9 Å². The molecule has 0 N–H and O–H groups in total. The Bertz CT molecular complexity index is 162. The molecule has 0 heterocycles. The molecule has 62 valence electrons. The topological polar surface area (TPSA) is 17.1 Å². The summed E-state index contributed by atoms with van der Waals surface area (Å²) in [6.45, 7) is 0. The third-order valence-corrected chi connectivity index (χ3v) is 3.08. The van der Waals surface area contributed by atoms with E-state index >= 15 is 0 Å². The maximum absolute atomic E-state index is 11.4. The Labute approximate surface area is 68.2 Å². The van der Waals surface area contributed by atoms with Gasteiger partial charge in [-0.05, 0) is 25.2 Å². The third-order valence-electron chi connectivity index (χ3n) is 3.08. The van der Waals surface area contributed by atoms with Crippen LogP contribution in [0.25, 0.3) is 0 Å². The molecule has 2 atom stereocenters. The van der Waals surface area contributed by atoms with Crippen molar-refractivity contribution in [2.75, 3.05) is 0 Å². The van der Waals surface area contributed by atoms with E-state index in [0.29, 0.717) is 11.7 Å². The second-order valence-electron chi connectivity index (χ2n) is 4.02. The highest BCUT2D eigenvalue weighted by atomic mass is 16.1. The van der Waals surface area contributed by atoms with E-state index in [2.05, 4.69) is 0 Å². The molecule has 11 heavy (non-hydrogen) atoms. The van der Waals surface area contributed by atoms with Crippen LogP contribution in [0.15, 0.2) is 0 Å². The Morgan fingerprint density at radius 1 is 1.09 bits per heavy atom. The first-order valence-corrected chi connectivity index (χ1v) is 4.90. The number of carbonyl (C=O) groups is 1. The lowest BCUT2D eigenvalue weighted by Gasteiger charge is -1.95. The number of carbonyl (C=O) groups excluding carboxylic acids is 1. The second-order valence-corrected chi connectivity index (χ2v) is 4.02. The highest BCUT2D eigenvalue weighted by Crippen LogP contribution is 2.44. The van der Waals surface area contributed by atoms with E-state index in [9.17, 15) is 4.79 Å². The number of rotatable bonds is 0. The molecule has 2 aliphatic rings. The van der Waals surface area contributed by atoms with E-state index in [1.165, 1.54) is 32.1 Å². The van der Waals surface area contributed by atoms with E-state index in [4.69, 9.17) is 0 Å². The summed E-state index contributed by atoms with van der Waals surface area (Å²) in [7, 11) is 0. The monoisotopic (exact) mass is 152 g/mol. The molecule has 0 saturated heterocycles. The van der Waals surface area contributed by atoms with Gasteiger partial charge in [0.2, 0.25) is 0 Å². The van der Waals surface area contributed by atoms with Crippen molar-refractivity contribution in [3.05, 3.63) is 0 Å². The number of Topliss-reactive ketones (excluding diaryl/α,β-unsaturated/α-hetero) is 1. The summed E-state index contributed by atoms with van der Waals surface area (Å²) in [6, 6.07) is 0. The first-order valence-electron chi connectivity index (χ1n) is 4.90. The summed E-state index contributed by atoms with van der Waals surface area (Å²) in [5.74, 6) is 1.88. The SMILES string of the molecule is O=C1CCCCCC[C@@H]2C[C@@H]12. The van der Waals surface area contributed by atoms with E-state index < -0.39 is 0 Å². The molecule has 2 aliphatic carbocycles. The summed E-state index contributed by atoms with van der Waals surface area (Å²) < 4.78 is 0. The van der Waals surface area contributed by atoms with Crippen molar-refractivity contribution in [2.45, 2.75) is 44.9 Å². The van der Waals surface area contributed by atoms with Gasteiger partial charge < -0.3 is 0 Å². The maximum Gasteiger partial charge on any atom is 0.136 e. The maximum atomic E-state index is 11.4. The quantitative estimate of drug-likeness (QED) is 0.521. The predicted molar refractivity (Wildman–Crippen MR) is 44.3 cm³/mol. The molecule has 0 unspecified atom stereocenters. The number of ketones is 1. The van der Waals surface area contributed by atoms with Crippen LogP contribution >= 0.6 is 0 Å². The Hall–Kier alpha value is -0.330. The summed E-state index contributed by atoms with van der Waals surface area (Å²) in [5.41, 5.74) is 0. The van der Waals surface area contributed by atoms with E-state index in [0.717, 1.165) is 18.8 Å². The van der Waals surface area contributed by atoms with Gasteiger partial charge in [-0.2, -0.15) is 0 Å². The van der Waals surface area contributed by atoms with Crippen LogP contribution < -0.4 is 0 Å². The fraction of sp³-hybridized carbons (Fsp3) is 0.900. The second kappa shape index (κ2) is 2.96. The van der Waals surface area contributed by atoms with Gasteiger partial charge >= 0.3 is 0 Å². The smallest absolute Gasteiger partial charge is 0.136 e.